The van der Waals surface area contributed by atoms with Crippen LogP contribution in [-0.4, -0.2) is 67.7 Å². The maximum atomic E-state index is 12.2. The number of ether oxygens (including phenoxy) is 1. The van der Waals surface area contributed by atoms with Crippen molar-refractivity contribution in [2.45, 2.75) is 13.0 Å². The lowest BCUT2D eigenvalue weighted by Crippen LogP contribution is -2.44. The van der Waals surface area contributed by atoms with E-state index < -0.39 is 0 Å². The number of hydrogen-bond donors (Lipinski definition) is 2. The van der Waals surface area contributed by atoms with Crippen molar-refractivity contribution in [3.63, 3.8) is 0 Å². The second-order valence-corrected chi connectivity index (χ2v) is 9.96. The highest BCUT2D eigenvalue weighted by Crippen LogP contribution is 2.39. The summed E-state index contributed by atoms with van der Waals surface area (Å²) in [6, 6.07) is 7.96. The van der Waals surface area contributed by atoms with Gasteiger partial charge in [-0.3, -0.25) is 4.79 Å². The molecule has 0 saturated carbocycles. The highest BCUT2D eigenvalue weighted by Gasteiger charge is 2.22. The van der Waals surface area contributed by atoms with E-state index in [0.717, 1.165) is 57.2 Å². The minimum atomic E-state index is -0.266. The Morgan fingerprint density at radius 1 is 1.14 bits per heavy atom. The van der Waals surface area contributed by atoms with Gasteiger partial charge in [0.1, 0.15) is 11.6 Å². The average molecular weight is 506 g/mol. The summed E-state index contributed by atoms with van der Waals surface area (Å²) >= 11 is 1.82. The van der Waals surface area contributed by atoms with Gasteiger partial charge >= 0.3 is 0 Å². The van der Waals surface area contributed by atoms with E-state index in [2.05, 4.69) is 55.4 Å². The number of carbonyl (C=O) groups is 1. The van der Waals surface area contributed by atoms with Crippen LogP contribution in [-0.2, 0) is 17.8 Å². The van der Waals surface area contributed by atoms with Crippen LogP contribution in [0.15, 0.2) is 48.5 Å². The molecule has 10 heteroatoms. The summed E-state index contributed by atoms with van der Waals surface area (Å²) in [6.45, 7) is 8.97. The van der Waals surface area contributed by atoms with Crippen LogP contribution in [0.2, 0.25) is 0 Å². The summed E-state index contributed by atoms with van der Waals surface area (Å²) in [5.41, 5.74) is 3.63. The molecule has 1 saturated heterocycles. The Hall–Kier alpha value is -3.63. The van der Waals surface area contributed by atoms with Gasteiger partial charge in [-0.25, -0.2) is 4.98 Å². The fourth-order valence-electron chi connectivity index (χ4n) is 4.58. The van der Waals surface area contributed by atoms with E-state index in [1.54, 1.807) is 13.3 Å². The van der Waals surface area contributed by atoms with Crippen molar-refractivity contribution in [1.82, 2.24) is 14.9 Å². The lowest BCUT2D eigenvalue weighted by Gasteiger charge is -2.35. The van der Waals surface area contributed by atoms with Crippen LogP contribution in [0.1, 0.15) is 10.4 Å². The Morgan fingerprint density at radius 2 is 1.97 bits per heavy atom. The molecule has 0 radical (unpaired) electrons. The van der Waals surface area contributed by atoms with Crippen LogP contribution in [0.3, 0.4) is 0 Å². The maximum absolute atomic E-state index is 12.2. The molecule has 0 spiro atoms. The second kappa shape index (κ2) is 10.5. The van der Waals surface area contributed by atoms with Crippen molar-refractivity contribution in [1.29, 1.82) is 0 Å². The van der Waals surface area contributed by atoms with Crippen LogP contribution in [0.5, 0.6) is 5.75 Å². The van der Waals surface area contributed by atoms with Crippen molar-refractivity contribution in [2.24, 2.45) is 0 Å². The van der Waals surface area contributed by atoms with Gasteiger partial charge in [0.25, 0.3) is 0 Å². The predicted molar refractivity (Wildman–Crippen MR) is 146 cm³/mol. The van der Waals surface area contributed by atoms with Crippen molar-refractivity contribution in [3.8, 4) is 5.75 Å². The monoisotopic (exact) mass is 505 g/mol. The van der Waals surface area contributed by atoms with Gasteiger partial charge < -0.3 is 30.1 Å². The number of hydrogen-bond acceptors (Lipinski definition) is 9. The van der Waals surface area contributed by atoms with Crippen molar-refractivity contribution in [2.75, 3.05) is 67.3 Å². The molecule has 1 aromatic carbocycles. The third kappa shape index (κ3) is 5.14. The van der Waals surface area contributed by atoms with Gasteiger partial charge in [0.2, 0.25) is 11.9 Å². The van der Waals surface area contributed by atoms with Crippen LogP contribution >= 0.6 is 11.3 Å². The first-order chi connectivity index (χ1) is 17.5. The first kappa shape index (κ1) is 24.1. The van der Waals surface area contributed by atoms with E-state index in [-0.39, 0.29) is 5.91 Å². The fraction of sp³-hybridized carbons (Fsp3) is 0.346. The Bertz CT molecular complexity index is 1250. The number of anilines is 5. The van der Waals surface area contributed by atoms with Crippen LogP contribution in [0.4, 0.5) is 28.8 Å². The molecule has 0 aliphatic carbocycles. The number of nitrogens with zero attached hydrogens (tertiary/aromatic N) is 5. The maximum Gasteiger partial charge on any atom is 0.247 e. The van der Waals surface area contributed by atoms with E-state index in [9.17, 15) is 4.79 Å². The van der Waals surface area contributed by atoms with Crippen molar-refractivity contribution >= 4 is 46.1 Å². The van der Waals surface area contributed by atoms with E-state index in [0.29, 0.717) is 23.1 Å². The molecule has 2 aromatic heterocycles. The Morgan fingerprint density at radius 3 is 2.75 bits per heavy atom. The van der Waals surface area contributed by atoms with Gasteiger partial charge in [-0.15, -0.1) is 11.3 Å². The molecule has 2 N–H and O–H groups in total. The minimum absolute atomic E-state index is 0.266. The number of aromatic nitrogens is 2. The summed E-state index contributed by atoms with van der Waals surface area (Å²) in [7, 11) is 3.75. The first-order valence-corrected chi connectivity index (χ1v) is 12.9. The average Bonchev–Trinajstić information content (AvgIpc) is 3.38. The number of methoxy groups -OCH3 is 1. The number of likely N-dealkylation sites (N-methyl/N-ethyl adjacent to an activating group) is 1. The molecule has 2 aliphatic rings. The number of nitrogens with one attached hydrogen (secondary N) is 2. The number of carbonyl (C=O) groups excluding carboxylic acids is 1. The number of thiophene rings is 1. The number of rotatable bonds is 7. The minimum Gasteiger partial charge on any atom is -0.494 e. The zero-order valence-electron chi connectivity index (χ0n) is 20.7. The largest absolute Gasteiger partial charge is 0.494 e. The number of piperazine rings is 1. The molecule has 1 fully saturated rings. The molecule has 188 valence electrons. The molecule has 0 atom stereocenters. The summed E-state index contributed by atoms with van der Waals surface area (Å²) in [4.78, 5) is 29.7. The second-order valence-electron chi connectivity index (χ2n) is 8.96. The molecule has 4 heterocycles. The fourth-order valence-corrected chi connectivity index (χ4v) is 5.47. The number of amides is 1. The molecule has 9 nitrogen and oxygen atoms in total. The number of benzene rings is 1. The lowest BCUT2D eigenvalue weighted by molar-refractivity contribution is -0.111. The Balaban J connectivity index is 1.43. The molecule has 5 rings (SSSR count). The lowest BCUT2D eigenvalue weighted by atomic mass is 10.1. The molecule has 0 bridgehead atoms. The third-order valence-corrected chi connectivity index (χ3v) is 7.65. The van der Waals surface area contributed by atoms with Gasteiger partial charge in [-0.2, -0.15) is 4.98 Å². The summed E-state index contributed by atoms with van der Waals surface area (Å²) < 4.78 is 5.74. The third-order valence-electron chi connectivity index (χ3n) is 6.62. The van der Waals surface area contributed by atoms with Crippen LogP contribution in [0, 0.1) is 0 Å². The standard InChI is InChI=1S/C26H31N7O2S/c1-4-25(34)28-19-15-20(22(35-3)16-21(19)32-12-10-31(2)11-13-32)29-26-27-8-5-24(30-26)33-9-6-23-18(17-33)7-14-36-23/h4-5,7-8,14-16H,1,6,9-13,17H2,2-3H3,(H,28,34)(H,27,29,30). The molecule has 3 aromatic rings. The quantitative estimate of drug-likeness (QED) is 0.470. The normalized spacial score (nSPS) is 15.8. The Kier molecular flexibility index (Phi) is 7.06. The zero-order chi connectivity index (χ0) is 25.1. The molecule has 0 unspecified atom stereocenters. The predicted octanol–water partition coefficient (Wildman–Crippen LogP) is 3.73. The topological polar surface area (TPSA) is 85.9 Å². The SMILES string of the molecule is C=CC(=O)Nc1cc(Nc2nccc(N3CCc4sccc4C3)n2)c(OC)cc1N1CCN(C)CC1. The van der Waals surface area contributed by atoms with Gasteiger partial charge in [0.15, 0.2) is 0 Å². The van der Waals surface area contributed by atoms with Crippen LogP contribution < -0.4 is 25.2 Å². The zero-order valence-corrected chi connectivity index (χ0v) is 21.5. The van der Waals surface area contributed by atoms with Crippen molar-refractivity contribution in [3.05, 3.63) is 58.9 Å². The highest BCUT2D eigenvalue weighted by atomic mass is 32.1. The molecule has 36 heavy (non-hydrogen) atoms. The Labute approximate surface area is 215 Å². The number of fused-ring (bicyclic) bond motifs is 1. The van der Waals surface area contributed by atoms with Gasteiger partial charge in [-0.1, -0.05) is 6.58 Å². The van der Waals surface area contributed by atoms with Gasteiger partial charge in [0, 0.05) is 56.4 Å². The summed E-state index contributed by atoms with van der Waals surface area (Å²) in [6.07, 6.45) is 4.06. The first-order valence-electron chi connectivity index (χ1n) is 12.0. The molecule has 1 amide bonds. The summed E-state index contributed by atoms with van der Waals surface area (Å²) in [5, 5.41) is 8.43. The summed E-state index contributed by atoms with van der Waals surface area (Å²) in [5.74, 6) is 1.72. The smallest absolute Gasteiger partial charge is 0.247 e. The van der Waals surface area contributed by atoms with E-state index in [1.165, 1.54) is 16.5 Å². The van der Waals surface area contributed by atoms with Gasteiger partial charge in [-0.05, 0) is 48.7 Å². The van der Waals surface area contributed by atoms with E-state index in [1.807, 2.05) is 29.5 Å². The van der Waals surface area contributed by atoms with Crippen LogP contribution in [0.25, 0.3) is 0 Å². The highest BCUT2D eigenvalue weighted by molar-refractivity contribution is 7.10. The molecular formula is C26H31N7O2S. The molecule has 2 aliphatic heterocycles. The molecular weight excluding hydrogens is 474 g/mol. The van der Waals surface area contributed by atoms with Crippen molar-refractivity contribution < 1.29 is 9.53 Å². The van der Waals surface area contributed by atoms with E-state index in [4.69, 9.17) is 9.72 Å². The van der Waals surface area contributed by atoms with Gasteiger partial charge in [0.05, 0.1) is 24.2 Å². The van der Waals surface area contributed by atoms with E-state index >= 15 is 0 Å².